The first-order valence-corrected chi connectivity index (χ1v) is 11.5. The Morgan fingerprint density at radius 2 is 1.73 bits per heavy atom. The van der Waals surface area contributed by atoms with E-state index in [4.69, 9.17) is 0 Å². The van der Waals surface area contributed by atoms with Crippen molar-refractivity contribution in [1.82, 2.24) is 20.6 Å². The lowest BCUT2D eigenvalue weighted by atomic mass is 10.1. The molecule has 0 saturated heterocycles. The van der Waals surface area contributed by atoms with Crippen LogP contribution >= 0.6 is 11.8 Å². The first kappa shape index (κ1) is 22.5. The minimum Gasteiger partial charge on any atom is -0.354 e. The number of hydrogen-bond donors (Lipinski definition) is 3. The lowest BCUT2D eigenvalue weighted by Gasteiger charge is -2.10. The second-order valence-electron chi connectivity index (χ2n) is 7.42. The van der Waals surface area contributed by atoms with Gasteiger partial charge >= 0.3 is 0 Å². The first-order chi connectivity index (χ1) is 16.1. The monoisotopic (exact) mass is 462 g/mol. The van der Waals surface area contributed by atoms with Crippen LogP contribution in [0, 0.1) is 5.82 Å². The molecule has 1 aromatic heterocycles. The highest BCUT2D eigenvalue weighted by Crippen LogP contribution is 2.24. The molecule has 0 aliphatic rings. The Balaban J connectivity index is 1.26. The fourth-order valence-corrected chi connectivity index (χ4v) is 4.27. The smallest absolute Gasteiger partial charge is 0.251 e. The number of carbonyl (C=O) groups is 2. The van der Waals surface area contributed by atoms with E-state index in [1.165, 1.54) is 23.9 Å². The summed E-state index contributed by atoms with van der Waals surface area (Å²) in [6.45, 7) is 0.578. The van der Waals surface area contributed by atoms with Gasteiger partial charge in [-0.05, 0) is 41.5 Å². The van der Waals surface area contributed by atoms with Crippen LogP contribution in [0.25, 0.3) is 11.0 Å². The van der Waals surface area contributed by atoms with Crippen LogP contribution in [0.3, 0.4) is 0 Å². The van der Waals surface area contributed by atoms with E-state index >= 15 is 0 Å². The van der Waals surface area contributed by atoms with Gasteiger partial charge in [-0.1, -0.05) is 54.2 Å². The van der Waals surface area contributed by atoms with E-state index in [1.54, 1.807) is 18.2 Å². The number of aromatic amines is 1. The maximum atomic E-state index is 13.2. The number of rotatable bonds is 9. The zero-order valence-corrected chi connectivity index (χ0v) is 18.6. The molecule has 0 bridgehead atoms. The Bertz CT molecular complexity index is 1240. The van der Waals surface area contributed by atoms with Crippen molar-refractivity contribution in [2.45, 2.75) is 17.3 Å². The highest BCUT2D eigenvalue weighted by molar-refractivity contribution is 7.98. The SMILES string of the molecule is O=C(Cc1cccc(F)c1)NCCNC(=O)c1ccccc1CSc1nc2ccccc2[nH]1. The predicted molar refractivity (Wildman–Crippen MR) is 128 cm³/mol. The molecule has 33 heavy (non-hydrogen) atoms. The van der Waals surface area contributed by atoms with Gasteiger partial charge in [0.1, 0.15) is 5.82 Å². The summed E-state index contributed by atoms with van der Waals surface area (Å²) >= 11 is 1.53. The van der Waals surface area contributed by atoms with Crippen LogP contribution in [0.4, 0.5) is 4.39 Å². The van der Waals surface area contributed by atoms with Gasteiger partial charge < -0.3 is 15.6 Å². The Hall–Kier alpha value is -3.65. The van der Waals surface area contributed by atoms with Crippen LogP contribution in [0.5, 0.6) is 0 Å². The van der Waals surface area contributed by atoms with Gasteiger partial charge in [0.05, 0.1) is 17.5 Å². The molecule has 1 heterocycles. The van der Waals surface area contributed by atoms with Crippen molar-refractivity contribution in [1.29, 1.82) is 0 Å². The highest BCUT2D eigenvalue weighted by Gasteiger charge is 2.12. The molecule has 3 aromatic carbocycles. The largest absolute Gasteiger partial charge is 0.354 e. The van der Waals surface area contributed by atoms with Crippen molar-refractivity contribution < 1.29 is 14.0 Å². The van der Waals surface area contributed by atoms with E-state index in [0.29, 0.717) is 23.4 Å². The molecule has 0 aliphatic heterocycles. The molecule has 8 heteroatoms. The molecule has 0 atom stereocenters. The number of para-hydroxylation sites is 2. The van der Waals surface area contributed by atoms with Crippen molar-refractivity contribution in [3.05, 3.63) is 95.3 Å². The third-order valence-electron chi connectivity index (χ3n) is 4.98. The number of carbonyl (C=O) groups excluding carboxylic acids is 2. The quantitative estimate of drug-likeness (QED) is 0.258. The van der Waals surface area contributed by atoms with E-state index in [2.05, 4.69) is 20.6 Å². The molecule has 0 radical (unpaired) electrons. The third-order valence-corrected chi connectivity index (χ3v) is 5.90. The summed E-state index contributed by atoms with van der Waals surface area (Å²) in [5.74, 6) is -0.203. The summed E-state index contributed by atoms with van der Waals surface area (Å²) in [6.07, 6.45) is 0.0908. The zero-order chi connectivity index (χ0) is 23.0. The van der Waals surface area contributed by atoms with E-state index in [0.717, 1.165) is 21.8 Å². The zero-order valence-electron chi connectivity index (χ0n) is 17.8. The Morgan fingerprint density at radius 1 is 0.939 bits per heavy atom. The Morgan fingerprint density at radius 3 is 2.58 bits per heavy atom. The molecule has 0 aliphatic carbocycles. The number of thioether (sulfide) groups is 1. The number of imidazole rings is 1. The number of halogens is 1. The Kier molecular flexibility index (Phi) is 7.36. The van der Waals surface area contributed by atoms with Crippen LogP contribution in [0.15, 0.2) is 78.0 Å². The molecule has 0 fully saturated rings. The van der Waals surface area contributed by atoms with Gasteiger partial charge in [-0.25, -0.2) is 9.37 Å². The van der Waals surface area contributed by atoms with Gasteiger partial charge in [0.2, 0.25) is 5.91 Å². The van der Waals surface area contributed by atoms with Crippen LogP contribution in [0.2, 0.25) is 0 Å². The standard InChI is InChI=1S/C25H23FN4O2S/c26-19-8-5-6-17(14-19)15-23(31)27-12-13-28-24(32)20-9-2-1-7-18(20)16-33-25-29-21-10-3-4-11-22(21)30-25/h1-11,14H,12-13,15-16H2,(H,27,31)(H,28,32)(H,29,30). The summed E-state index contributed by atoms with van der Waals surface area (Å²) in [6, 6.07) is 21.2. The summed E-state index contributed by atoms with van der Waals surface area (Å²) in [4.78, 5) is 32.5. The molecule has 168 valence electrons. The van der Waals surface area contributed by atoms with Gasteiger partial charge in [0.25, 0.3) is 5.91 Å². The van der Waals surface area contributed by atoms with E-state index in [-0.39, 0.29) is 30.6 Å². The fraction of sp³-hybridized carbons (Fsp3) is 0.160. The average Bonchev–Trinajstić information content (AvgIpc) is 3.24. The topological polar surface area (TPSA) is 86.9 Å². The molecule has 0 spiro atoms. The number of nitrogens with zero attached hydrogens (tertiary/aromatic N) is 1. The van der Waals surface area contributed by atoms with E-state index in [1.807, 2.05) is 42.5 Å². The molecule has 4 aromatic rings. The van der Waals surface area contributed by atoms with Gasteiger partial charge in [-0.3, -0.25) is 9.59 Å². The molecular weight excluding hydrogens is 439 g/mol. The maximum absolute atomic E-state index is 13.2. The minimum absolute atomic E-state index is 0.0908. The number of aromatic nitrogens is 2. The maximum Gasteiger partial charge on any atom is 0.251 e. The minimum atomic E-state index is -0.371. The predicted octanol–water partition coefficient (Wildman–Crippen LogP) is 4.08. The van der Waals surface area contributed by atoms with Crippen molar-refractivity contribution in [3.8, 4) is 0 Å². The number of H-pyrrole nitrogens is 1. The third kappa shape index (κ3) is 6.20. The molecule has 0 saturated carbocycles. The number of fused-ring (bicyclic) bond motifs is 1. The summed E-state index contributed by atoms with van der Waals surface area (Å²) in [7, 11) is 0. The van der Waals surface area contributed by atoms with Crippen LogP contribution < -0.4 is 10.6 Å². The highest BCUT2D eigenvalue weighted by atomic mass is 32.2. The fourth-order valence-electron chi connectivity index (χ4n) is 3.38. The van der Waals surface area contributed by atoms with E-state index < -0.39 is 0 Å². The van der Waals surface area contributed by atoms with Gasteiger partial charge in [0.15, 0.2) is 5.16 Å². The van der Waals surface area contributed by atoms with Crippen LogP contribution in [-0.4, -0.2) is 34.9 Å². The number of hydrogen-bond acceptors (Lipinski definition) is 4. The summed E-state index contributed by atoms with van der Waals surface area (Å²) in [5, 5.41) is 6.38. The second-order valence-corrected chi connectivity index (χ2v) is 8.38. The number of benzene rings is 3. The lowest BCUT2D eigenvalue weighted by molar-refractivity contribution is -0.120. The second kappa shape index (κ2) is 10.8. The van der Waals surface area contributed by atoms with Crippen molar-refractivity contribution in [2.75, 3.05) is 13.1 Å². The number of amides is 2. The molecule has 6 nitrogen and oxygen atoms in total. The summed E-state index contributed by atoms with van der Waals surface area (Å²) in [5.41, 5.74) is 3.98. The molecule has 2 amide bonds. The van der Waals surface area contributed by atoms with Crippen LogP contribution in [0.1, 0.15) is 21.5 Å². The van der Waals surface area contributed by atoms with Gasteiger partial charge in [-0.15, -0.1) is 0 Å². The van der Waals surface area contributed by atoms with Crippen molar-refractivity contribution in [3.63, 3.8) is 0 Å². The normalized spacial score (nSPS) is 10.8. The Labute approximate surface area is 195 Å². The number of nitrogens with one attached hydrogen (secondary N) is 3. The van der Waals surface area contributed by atoms with Crippen molar-refractivity contribution in [2.24, 2.45) is 0 Å². The average molecular weight is 463 g/mol. The van der Waals surface area contributed by atoms with Crippen LogP contribution in [-0.2, 0) is 17.0 Å². The molecule has 0 unspecified atom stereocenters. The van der Waals surface area contributed by atoms with Gasteiger partial charge in [-0.2, -0.15) is 0 Å². The molecule has 4 rings (SSSR count). The summed E-state index contributed by atoms with van der Waals surface area (Å²) < 4.78 is 13.2. The van der Waals surface area contributed by atoms with E-state index in [9.17, 15) is 14.0 Å². The van der Waals surface area contributed by atoms with Crippen molar-refractivity contribution >= 4 is 34.6 Å². The molecular formula is C25H23FN4O2S. The van der Waals surface area contributed by atoms with Gasteiger partial charge in [0, 0.05) is 24.4 Å². The molecule has 3 N–H and O–H groups in total. The first-order valence-electron chi connectivity index (χ1n) is 10.5. The lowest BCUT2D eigenvalue weighted by Crippen LogP contribution is -2.35.